The number of hydrazine groups is 1. The Balaban J connectivity index is 1.83. The number of benzene rings is 3. The smallest absolute Gasteiger partial charge is 0.193 e. The van der Waals surface area contributed by atoms with Gasteiger partial charge in [0.25, 0.3) is 0 Å². The minimum absolute atomic E-state index is 0.111. The van der Waals surface area contributed by atoms with Crippen molar-refractivity contribution in [3.05, 3.63) is 99.0 Å². The number of amidine groups is 1. The van der Waals surface area contributed by atoms with Gasteiger partial charge in [-0.2, -0.15) is 0 Å². The molecule has 3 aromatic rings. The quantitative estimate of drug-likeness (QED) is 0.368. The molecule has 0 saturated carbocycles. The zero-order valence-electron chi connectivity index (χ0n) is 15.2. The highest BCUT2D eigenvalue weighted by molar-refractivity contribution is 6.31. The number of hydrogen-bond acceptors (Lipinski definition) is 5. The molecule has 0 unspecified atom stereocenters. The average Bonchev–Trinajstić information content (AvgIpc) is 2.92. The third kappa shape index (κ3) is 4.07. The highest BCUT2D eigenvalue weighted by Crippen LogP contribution is 2.28. The predicted octanol–water partition coefficient (Wildman–Crippen LogP) is 4.57. The van der Waals surface area contributed by atoms with Crippen molar-refractivity contribution in [2.75, 3.05) is 6.54 Å². The molecule has 1 aliphatic heterocycles. The number of nitrogens with one attached hydrogen (secondary N) is 1. The van der Waals surface area contributed by atoms with Crippen LogP contribution in [-0.2, 0) is 0 Å². The molecular weight excluding hydrogens is 407 g/mol. The summed E-state index contributed by atoms with van der Waals surface area (Å²) in [6, 6.07) is 19.5. The van der Waals surface area contributed by atoms with Crippen molar-refractivity contribution in [3.63, 3.8) is 0 Å². The zero-order valence-corrected chi connectivity index (χ0v) is 16.7. The Morgan fingerprint density at radius 1 is 0.931 bits per heavy atom. The number of aliphatic imine (C=N–C) groups is 2. The summed E-state index contributed by atoms with van der Waals surface area (Å²) in [7, 11) is 0. The molecule has 0 atom stereocenters. The van der Waals surface area contributed by atoms with Crippen molar-refractivity contribution < 1.29 is 4.79 Å². The molecule has 0 bridgehead atoms. The maximum Gasteiger partial charge on any atom is 0.193 e. The summed E-state index contributed by atoms with van der Waals surface area (Å²) in [4.78, 5) is 22.2. The van der Waals surface area contributed by atoms with Crippen molar-refractivity contribution in [2.24, 2.45) is 15.8 Å². The summed E-state index contributed by atoms with van der Waals surface area (Å²) in [5, 5.41) is 1.18. The Morgan fingerprint density at radius 2 is 1.69 bits per heavy atom. The molecule has 5 nitrogen and oxygen atoms in total. The van der Waals surface area contributed by atoms with Gasteiger partial charge < -0.3 is 5.43 Å². The molecule has 3 N–H and O–H groups in total. The summed E-state index contributed by atoms with van der Waals surface area (Å²) >= 11 is 12.1. The van der Waals surface area contributed by atoms with Crippen LogP contribution in [-0.4, -0.2) is 23.9 Å². The predicted molar refractivity (Wildman–Crippen MR) is 118 cm³/mol. The number of hydrogen-bond donors (Lipinski definition) is 2. The van der Waals surface area contributed by atoms with E-state index in [0.29, 0.717) is 38.4 Å². The molecule has 0 amide bonds. The van der Waals surface area contributed by atoms with Crippen LogP contribution in [0.4, 0.5) is 5.69 Å². The summed E-state index contributed by atoms with van der Waals surface area (Å²) in [5.74, 6) is 5.99. The SMILES string of the molecule is NNC1=Nc2ccc(C(=O)c3ccc(Cl)cc3)cc2C(c2cccc(Cl)c2)=NC1. The second-order valence-corrected chi connectivity index (χ2v) is 7.32. The van der Waals surface area contributed by atoms with Gasteiger partial charge in [0.05, 0.1) is 17.9 Å². The van der Waals surface area contributed by atoms with Gasteiger partial charge in [0, 0.05) is 32.3 Å². The fourth-order valence-electron chi connectivity index (χ4n) is 3.11. The fraction of sp³-hybridized carbons (Fsp3) is 0.0455. The van der Waals surface area contributed by atoms with Gasteiger partial charge in [-0.1, -0.05) is 35.3 Å². The van der Waals surface area contributed by atoms with E-state index in [0.717, 1.165) is 11.1 Å². The van der Waals surface area contributed by atoms with Gasteiger partial charge in [0.2, 0.25) is 0 Å². The largest absolute Gasteiger partial charge is 0.310 e. The van der Waals surface area contributed by atoms with Crippen LogP contribution < -0.4 is 11.3 Å². The fourth-order valence-corrected chi connectivity index (χ4v) is 3.43. The van der Waals surface area contributed by atoms with E-state index in [2.05, 4.69) is 15.4 Å². The minimum atomic E-state index is -0.111. The van der Waals surface area contributed by atoms with E-state index in [1.165, 1.54) is 0 Å². The van der Waals surface area contributed by atoms with E-state index in [1.54, 1.807) is 48.5 Å². The van der Waals surface area contributed by atoms with Crippen LogP contribution in [0.25, 0.3) is 0 Å². The normalized spacial score (nSPS) is 13.1. The number of fused-ring (bicyclic) bond motifs is 1. The van der Waals surface area contributed by atoms with Gasteiger partial charge in [0.15, 0.2) is 5.78 Å². The van der Waals surface area contributed by atoms with E-state index < -0.39 is 0 Å². The van der Waals surface area contributed by atoms with Crippen molar-refractivity contribution in [3.8, 4) is 0 Å². The number of carbonyl (C=O) groups is 1. The van der Waals surface area contributed by atoms with E-state index in [4.69, 9.17) is 29.0 Å². The van der Waals surface area contributed by atoms with Crippen LogP contribution in [0.1, 0.15) is 27.0 Å². The molecule has 1 aliphatic rings. The first-order valence-corrected chi connectivity index (χ1v) is 9.60. The first-order valence-electron chi connectivity index (χ1n) is 8.84. The molecule has 0 saturated heterocycles. The number of ketones is 1. The van der Waals surface area contributed by atoms with Crippen LogP contribution in [0.3, 0.4) is 0 Å². The molecule has 1 heterocycles. The lowest BCUT2D eigenvalue weighted by Crippen LogP contribution is -2.32. The van der Waals surface area contributed by atoms with E-state index >= 15 is 0 Å². The van der Waals surface area contributed by atoms with Crippen LogP contribution in [0.5, 0.6) is 0 Å². The van der Waals surface area contributed by atoms with Crippen LogP contribution in [0, 0.1) is 0 Å². The summed E-state index contributed by atoms with van der Waals surface area (Å²) in [6.07, 6.45) is 0. The van der Waals surface area contributed by atoms with Crippen LogP contribution in [0.2, 0.25) is 10.0 Å². The molecule has 0 aromatic heterocycles. The molecule has 3 aromatic carbocycles. The number of carbonyl (C=O) groups excluding carboxylic acids is 1. The summed E-state index contributed by atoms with van der Waals surface area (Å²) in [5.41, 5.74) is 6.59. The van der Waals surface area contributed by atoms with Gasteiger partial charge in [-0.25, -0.2) is 10.8 Å². The van der Waals surface area contributed by atoms with Gasteiger partial charge in [0.1, 0.15) is 5.84 Å². The second kappa shape index (κ2) is 8.17. The third-order valence-corrected chi connectivity index (χ3v) is 5.01. The zero-order chi connectivity index (χ0) is 20.4. The van der Waals surface area contributed by atoms with E-state index in [9.17, 15) is 4.79 Å². The lowest BCUT2D eigenvalue weighted by molar-refractivity contribution is 0.103. The van der Waals surface area contributed by atoms with Crippen LogP contribution >= 0.6 is 23.2 Å². The minimum Gasteiger partial charge on any atom is -0.310 e. The summed E-state index contributed by atoms with van der Waals surface area (Å²) in [6.45, 7) is 0.285. The summed E-state index contributed by atoms with van der Waals surface area (Å²) < 4.78 is 0. The maximum absolute atomic E-state index is 13.0. The van der Waals surface area contributed by atoms with E-state index in [1.807, 2.05) is 18.2 Å². The monoisotopic (exact) mass is 422 g/mol. The Kier molecular flexibility index (Phi) is 5.45. The van der Waals surface area contributed by atoms with Gasteiger partial charge in [-0.3, -0.25) is 9.79 Å². The molecule has 7 heteroatoms. The maximum atomic E-state index is 13.0. The highest BCUT2D eigenvalue weighted by Gasteiger charge is 2.19. The van der Waals surface area contributed by atoms with Crippen molar-refractivity contribution >= 4 is 46.2 Å². The molecule has 29 heavy (non-hydrogen) atoms. The number of nitrogens with two attached hydrogens (primary N) is 1. The van der Waals surface area contributed by atoms with Gasteiger partial charge >= 0.3 is 0 Å². The molecular formula is C22H16Cl2N4O. The number of rotatable bonds is 3. The van der Waals surface area contributed by atoms with Gasteiger partial charge in [-0.15, -0.1) is 0 Å². The second-order valence-electron chi connectivity index (χ2n) is 6.45. The molecule has 0 fully saturated rings. The molecule has 0 radical (unpaired) electrons. The number of nitrogens with zero attached hydrogens (tertiary/aromatic N) is 2. The first-order chi connectivity index (χ1) is 14.0. The molecule has 4 rings (SSSR count). The molecule has 144 valence electrons. The Hall–Kier alpha value is -2.99. The van der Waals surface area contributed by atoms with Crippen molar-refractivity contribution in [1.29, 1.82) is 0 Å². The molecule has 0 spiro atoms. The van der Waals surface area contributed by atoms with Crippen LogP contribution in [0.15, 0.2) is 76.7 Å². The van der Waals surface area contributed by atoms with Gasteiger partial charge in [-0.05, 0) is 54.6 Å². The first kappa shape index (κ1) is 19.3. The standard InChI is InChI=1S/C22H16Cl2N4O/c23-16-7-4-13(5-8-16)22(29)15-6-9-19-18(11-15)21(26-12-20(27-19)28-25)14-2-1-3-17(24)10-14/h1-11H,12,25H2,(H,27,28). The van der Waals surface area contributed by atoms with Crippen molar-refractivity contribution in [1.82, 2.24) is 5.43 Å². The Bertz CT molecular complexity index is 1150. The highest BCUT2D eigenvalue weighted by atomic mass is 35.5. The topological polar surface area (TPSA) is 79.8 Å². The third-order valence-electron chi connectivity index (χ3n) is 4.53. The average molecular weight is 423 g/mol. The lowest BCUT2D eigenvalue weighted by Gasteiger charge is -2.11. The Labute approximate surface area is 177 Å². The lowest BCUT2D eigenvalue weighted by atomic mass is 9.95. The van der Waals surface area contributed by atoms with Crippen molar-refractivity contribution in [2.45, 2.75) is 0 Å². The van der Waals surface area contributed by atoms with E-state index in [-0.39, 0.29) is 12.3 Å². The Morgan fingerprint density at radius 3 is 2.41 bits per heavy atom. The number of halogens is 2. The molecule has 0 aliphatic carbocycles.